The predicted octanol–water partition coefficient (Wildman–Crippen LogP) is 3.59. The number of halogens is 1. The SMILES string of the molecule is Fc1ccc(CC2CCN(C3CCSC3)CC2)cc1. The predicted molar refractivity (Wildman–Crippen MR) is 80.1 cm³/mol. The van der Waals surface area contributed by atoms with Crippen LogP contribution in [0.3, 0.4) is 0 Å². The summed E-state index contributed by atoms with van der Waals surface area (Å²) in [6.45, 7) is 2.52. The second-order valence-electron chi connectivity index (χ2n) is 5.83. The van der Waals surface area contributed by atoms with Crippen LogP contribution in [0.2, 0.25) is 0 Å². The monoisotopic (exact) mass is 279 g/mol. The molecule has 2 aliphatic heterocycles. The van der Waals surface area contributed by atoms with Crippen molar-refractivity contribution in [3.63, 3.8) is 0 Å². The van der Waals surface area contributed by atoms with Crippen molar-refractivity contribution in [2.24, 2.45) is 5.92 Å². The van der Waals surface area contributed by atoms with Gasteiger partial charge in [0.1, 0.15) is 5.82 Å². The van der Waals surface area contributed by atoms with E-state index in [0.29, 0.717) is 0 Å². The number of likely N-dealkylation sites (tertiary alicyclic amines) is 1. The van der Waals surface area contributed by atoms with Gasteiger partial charge in [-0.15, -0.1) is 0 Å². The summed E-state index contributed by atoms with van der Waals surface area (Å²) in [4.78, 5) is 2.70. The number of benzene rings is 1. The molecule has 1 unspecified atom stereocenters. The smallest absolute Gasteiger partial charge is 0.123 e. The second-order valence-corrected chi connectivity index (χ2v) is 6.98. The molecule has 0 N–H and O–H groups in total. The van der Waals surface area contributed by atoms with Gasteiger partial charge in [-0.05, 0) is 68.1 Å². The molecule has 0 amide bonds. The first-order valence-electron chi connectivity index (χ1n) is 7.37. The highest BCUT2D eigenvalue weighted by Crippen LogP contribution is 2.28. The zero-order valence-corrected chi connectivity index (χ0v) is 12.2. The molecule has 0 bridgehead atoms. The lowest BCUT2D eigenvalue weighted by Gasteiger charge is -2.35. The van der Waals surface area contributed by atoms with Gasteiger partial charge in [-0.25, -0.2) is 4.39 Å². The Hall–Kier alpha value is -0.540. The maximum atomic E-state index is 12.9. The first-order chi connectivity index (χ1) is 9.31. The van der Waals surface area contributed by atoms with Gasteiger partial charge in [-0.3, -0.25) is 4.90 Å². The molecule has 1 aromatic carbocycles. The van der Waals surface area contributed by atoms with Crippen molar-refractivity contribution < 1.29 is 4.39 Å². The van der Waals surface area contributed by atoms with E-state index in [1.807, 2.05) is 12.1 Å². The third-order valence-electron chi connectivity index (χ3n) is 4.51. The van der Waals surface area contributed by atoms with Crippen molar-refractivity contribution in [1.29, 1.82) is 0 Å². The summed E-state index contributed by atoms with van der Waals surface area (Å²) < 4.78 is 12.9. The van der Waals surface area contributed by atoms with Crippen LogP contribution in [0, 0.1) is 11.7 Å². The first kappa shape index (κ1) is 13.4. The molecule has 1 aromatic rings. The van der Waals surface area contributed by atoms with E-state index >= 15 is 0 Å². The molecular formula is C16H22FNS. The topological polar surface area (TPSA) is 3.24 Å². The van der Waals surface area contributed by atoms with Gasteiger partial charge in [0.25, 0.3) is 0 Å². The second kappa shape index (κ2) is 6.27. The molecule has 2 aliphatic rings. The van der Waals surface area contributed by atoms with Crippen LogP contribution in [0.25, 0.3) is 0 Å². The summed E-state index contributed by atoms with van der Waals surface area (Å²) in [7, 11) is 0. The number of piperidine rings is 1. The fraction of sp³-hybridized carbons (Fsp3) is 0.625. The molecule has 0 radical (unpaired) electrons. The number of hydrogen-bond acceptors (Lipinski definition) is 2. The normalized spacial score (nSPS) is 25.8. The van der Waals surface area contributed by atoms with Crippen LogP contribution in [-0.4, -0.2) is 35.5 Å². The molecule has 2 fully saturated rings. The van der Waals surface area contributed by atoms with Crippen molar-refractivity contribution in [3.05, 3.63) is 35.6 Å². The van der Waals surface area contributed by atoms with Crippen LogP contribution in [0.1, 0.15) is 24.8 Å². The van der Waals surface area contributed by atoms with Crippen LogP contribution in [0.4, 0.5) is 4.39 Å². The van der Waals surface area contributed by atoms with E-state index in [2.05, 4.69) is 16.7 Å². The minimum atomic E-state index is -0.127. The Morgan fingerprint density at radius 1 is 1.11 bits per heavy atom. The average molecular weight is 279 g/mol. The number of nitrogens with zero attached hydrogens (tertiary/aromatic N) is 1. The lowest BCUT2D eigenvalue weighted by atomic mass is 9.89. The van der Waals surface area contributed by atoms with E-state index in [4.69, 9.17) is 0 Å². The van der Waals surface area contributed by atoms with E-state index in [-0.39, 0.29) is 5.82 Å². The van der Waals surface area contributed by atoms with Crippen LogP contribution in [0.5, 0.6) is 0 Å². The third kappa shape index (κ3) is 3.51. The highest BCUT2D eigenvalue weighted by atomic mass is 32.2. The number of rotatable bonds is 3. The molecule has 104 valence electrons. The molecule has 3 heteroatoms. The molecule has 2 heterocycles. The maximum Gasteiger partial charge on any atom is 0.123 e. The quantitative estimate of drug-likeness (QED) is 0.832. The van der Waals surface area contributed by atoms with Crippen molar-refractivity contribution in [3.8, 4) is 0 Å². The Morgan fingerprint density at radius 2 is 1.84 bits per heavy atom. The Kier molecular flexibility index (Phi) is 4.44. The van der Waals surface area contributed by atoms with Crippen molar-refractivity contribution in [1.82, 2.24) is 4.90 Å². The van der Waals surface area contributed by atoms with E-state index in [0.717, 1.165) is 18.4 Å². The Balaban J connectivity index is 1.48. The van der Waals surface area contributed by atoms with Gasteiger partial charge in [-0.1, -0.05) is 12.1 Å². The maximum absolute atomic E-state index is 12.9. The molecule has 2 saturated heterocycles. The summed E-state index contributed by atoms with van der Waals surface area (Å²) in [6.07, 6.45) is 5.11. The fourth-order valence-electron chi connectivity index (χ4n) is 3.29. The first-order valence-corrected chi connectivity index (χ1v) is 8.53. The summed E-state index contributed by atoms with van der Waals surface area (Å²) in [5, 5.41) is 0. The van der Waals surface area contributed by atoms with E-state index < -0.39 is 0 Å². The minimum Gasteiger partial charge on any atom is -0.300 e. The van der Waals surface area contributed by atoms with E-state index in [1.165, 1.54) is 49.4 Å². The summed E-state index contributed by atoms with van der Waals surface area (Å²) in [6, 6.07) is 7.89. The number of thioether (sulfide) groups is 1. The molecular weight excluding hydrogens is 257 g/mol. The molecule has 0 aromatic heterocycles. The highest BCUT2D eigenvalue weighted by molar-refractivity contribution is 7.99. The van der Waals surface area contributed by atoms with Gasteiger partial charge < -0.3 is 0 Å². The lowest BCUT2D eigenvalue weighted by molar-refractivity contribution is 0.143. The van der Waals surface area contributed by atoms with Gasteiger partial charge in [0.15, 0.2) is 0 Å². The average Bonchev–Trinajstić information content (AvgIpc) is 2.96. The molecule has 0 spiro atoms. The van der Waals surface area contributed by atoms with Crippen molar-refractivity contribution >= 4 is 11.8 Å². The Bertz CT molecular complexity index is 392. The summed E-state index contributed by atoms with van der Waals surface area (Å²) in [5.41, 5.74) is 1.29. The highest BCUT2D eigenvalue weighted by Gasteiger charge is 2.27. The molecule has 1 atom stereocenters. The molecule has 19 heavy (non-hydrogen) atoms. The van der Waals surface area contributed by atoms with Gasteiger partial charge in [0.2, 0.25) is 0 Å². The largest absolute Gasteiger partial charge is 0.300 e. The fourth-order valence-corrected chi connectivity index (χ4v) is 4.54. The van der Waals surface area contributed by atoms with Gasteiger partial charge in [-0.2, -0.15) is 11.8 Å². The minimum absolute atomic E-state index is 0.127. The van der Waals surface area contributed by atoms with Gasteiger partial charge >= 0.3 is 0 Å². The Labute approximate surface area is 119 Å². The zero-order chi connectivity index (χ0) is 13.1. The Morgan fingerprint density at radius 3 is 2.47 bits per heavy atom. The molecule has 0 saturated carbocycles. The van der Waals surface area contributed by atoms with Crippen LogP contribution in [0.15, 0.2) is 24.3 Å². The van der Waals surface area contributed by atoms with Gasteiger partial charge in [0, 0.05) is 11.8 Å². The summed E-state index contributed by atoms with van der Waals surface area (Å²) in [5.74, 6) is 3.34. The van der Waals surface area contributed by atoms with E-state index in [9.17, 15) is 4.39 Å². The van der Waals surface area contributed by atoms with Gasteiger partial charge in [0.05, 0.1) is 0 Å². The van der Waals surface area contributed by atoms with Crippen LogP contribution >= 0.6 is 11.8 Å². The van der Waals surface area contributed by atoms with Crippen LogP contribution in [-0.2, 0) is 6.42 Å². The molecule has 0 aliphatic carbocycles. The third-order valence-corrected chi connectivity index (χ3v) is 5.65. The van der Waals surface area contributed by atoms with Crippen molar-refractivity contribution in [2.45, 2.75) is 31.7 Å². The van der Waals surface area contributed by atoms with Crippen molar-refractivity contribution in [2.75, 3.05) is 24.6 Å². The lowest BCUT2D eigenvalue weighted by Crippen LogP contribution is -2.41. The summed E-state index contributed by atoms with van der Waals surface area (Å²) >= 11 is 2.10. The number of hydrogen-bond donors (Lipinski definition) is 0. The van der Waals surface area contributed by atoms with Crippen LogP contribution < -0.4 is 0 Å². The molecule has 1 nitrogen and oxygen atoms in total. The molecule has 3 rings (SSSR count). The van der Waals surface area contributed by atoms with E-state index in [1.54, 1.807) is 12.1 Å². The zero-order valence-electron chi connectivity index (χ0n) is 11.4. The standard InChI is InChI=1S/C16H22FNS/c17-15-3-1-13(2-4-15)11-14-5-8-18(9-6-14)16-7-10-19-12-16/h1-4,14,16H,5-12H2.